The zero-order chi connectivity index (χ0) is 9.68. The van der Waals surface area contributed by atoms with Gasteiger partial charge in [0.25, 0.3) is 0 Å². The normalized spacial score (nSPS) is 27.1. The topological polar surface area (TPSA) is 6.48 Å². The number of nitrogens with zero attached hydrogens (tertiary/aromatic N) is 2. The van der Waals surface area contributed by atoms with Crippen LogP contribution in [0.5, 0.6) is 0 Å². The molecular weight excluding hydrogens is 160 g/mol. The second-order valence-corrected chi connectivity index (χ2v) is 4.05. The summed E-state index contributed by atoms with van der Waals surface area (Å²) in [5, 5.41) is 0. The molecular formula is C11H22N2. The fourth-order valence-electron chi connectivity index (χ4n) is 1.81. The molecule has 0 aliphatic carbocycles. The van der Waals surface area contributed by atoms with Crippen LogP contribution in [0.25, 0.3) is 0 Å². The lowest BCUT2D eigenvalue weighted by Gasteiger charge is -2.25. The van der Waals surface area contributed by atoms with Gasteiger partial charge in [-0.2, -0.15) is 0 Å². The molecule has 0 N–H and O–H groups in total. The van der Waals surface area contributed by atoms with Crippen LogP contribution in [-0.2, 0) is 0 Å². The Labute approximate surface area is 82.2 Å². The van der Waals surface area contributed by atoms with Crippen LogP contribution in [0.1, 0.15) is 19.8 Å². The summed E-state index contributed by atoms with van der Waals surface area (Å²) < 4.78 is 0. The van der Waals surface area contributed by atoms with E-state index in [4.69, 9.17) is 0 Å². The quantitative estimate of drug-likeness (QED) is 0.612. The summed E-state index contributed by atoms with van der Waals surface area (Å²) in [6.45, 7) is 11.0. The molecule has 0 aromatic carbocycles. The summed E-state index contributed by atoms with van der Waals surface area (Å²) in [6, 6.07) is 0.741. The van der Waals surface area contributed by atoms with E-state index in [2.05, 4.69) is 30.4 Å². The Bertz CT molecular complexity index is 156. The third-order valence-electron chi connectivity index (χ3n) is 2.94. The Balaban J connectivity index is 2.37. The zero-order valence-corrected chi connectivity index (χ0v) is 9.00. The van der Waals surface area contributed by atoms with Crippen LogP contribution in [0.15, 0.2) is 12.7 Å². The molecule has 0 bridgehead atoms. The largest absolute Gasteiger partial charge is 0.305 e. The standard InChI is InChI=1S/C11H22N2/c1-4-5-7-13-10-9-12(3)8-6-11(13)2/h4,11H,1,5-10H2,2-3H3. The minimum atomic E-state index is 0.741. The molecule has 1 unspecified atom stereocenters. The number of hydrogen-bond acceptors (Lipinski definition) is 2. The summed E-state index contributed by atoms with van der Waals surface area (Å²) >= 11 is 0. The van der Waals surface area contributed by atoms with Crippen LogP contribution in [0, 0.1) is 0 Å². The molecule has 1 aliphatic rings. The van der Waals surface area contributed by atoms with Crippen LogP contribution in [0.2, 0.25) is 0 Å². The summed E-state index contributed by atoms with van der Waals surface area (Å²) in [5.74, 6) is 0. The Morgan fingerprint density at radius 3 is 2.85 bits per heavy atom. The highest BCUT2D eigenvalue weighted by Crippen LogP contribution is 2.09. The van der Waals surface area contributed by atoms with Crippen molar-refractivity contribution in [3.63, 3.8) is 0 Å². The van der Waals surface area contributed by atoms with Crippen molar-refractivity contribution in [3.8, 4) is 0 Å². The summed E-state index contributed by atoms with van der Waals surface area (Å²) in [6.07, 6.45) is 4.43. The summed E-state index contributed by atoms with van der Waals surface area (Å²) in [5.41, 5.74) is 0. The molecule has 1 saturated heterocycles. The van der Waals surface area contributed by atoms with Crippen molar-refractivity contribution in [1.29, 1.82) is 0 Å². The second kappa shape index (κ2) is 5.40. The first-order valence-electron chi connectivity index (χ1n) is 5.27. The zero-order valence-electron chi connectivity index (χ0n) is 9.00. The fourth-order valence-corrected chi connectivity index (χ4v) is 1.81. The lowest BCUT2D eigenvalue weighted by atomic mass is 10.2. The molecule has 2 nitrogen and oxygen atoms in total. The molecule has 0 radical (unpaired) electrons. The maximum Gasteiger partial charge on any atom is 0.0112 e. The van der Waals surface area contributed by atoms with E-state index in [0.29, 0.717) is 0 Å². The van der Waals surface area contributed by atoms with Gasteiger partial charge in [-0.25, -0.2) is 0 Å². The fraction of sp³-hybridized carbons (Fsp3) is 0.818. The molecule has 0 amide bonds. The molecule has 1 fully saturated rings. The van der Waals surface area contributed by atoms with Gasteiger partial charge in [-0.3, -0.25) is 4.90 Å². The van der Waals surface area contributed by atoms with Gasteiger partial charge >= 0.3 is 0 Å². The molecule has 2 heteroatoms. The van der Waals surface area contributed by atoms with Crippen molar-refractivity contribution in [2.24, 2.45) is 0 Å². The van der Waals surface area contributed by atoms with Gasteiger partial charge in [0.05, 0.1) is 0 Å². The summed E-state index contributed by atoms with van der Waals surface area (Å²) in [7, 11) is 2.21. The second-order valence-electron chi connectivity index (χ2n) is 4.05. The van der Waals surface area contributed by atoms with Gasteiger partial charge in [-0.1, -0.05) is 6.08 Å². The predicted octanol–water partition coefficient (Wildman–Crippen LogP) is 1.59. The van der Waals surface area contributed by atoms with E-state index < -0.39 is 0 Å². The molecule has 1 rings (SSSR count). The lowest BCUT2D eigenvalue weighted by Crippen LogP contribution is -2.35. The molecule has 1 aliphatic heterocycles. The predicted molar refractivity (Wildman–Crippen MR) is 58.0 cm³/mol. The molecule has 0 saturated carbocycles. The van der Waals surface area contributed by atoms with Crippen LogP contribution < -0.4 is 0 Å². The highest BCUT2D eigenvalue weighted by Gasteiger charge is 2.17. The first-order valence-corrected chi connectivity index (χ1v) is 5.27. The lowest BCUT2D eigenvalue weighted by molar-refractivity contribution is 0.221. The van der Waals surface area contributed by atoms with Gasteiger partial charge in [0.1, 0.15) is 0 Å². The number of hydrogen-bond donors (Lipinski definition) is 0. The molecule has 0 aromatic heterocycles. The minimum Gasteiger partial charge on any atom is -0.305 e. The van der Waals surface area contributed by atoms with Gasteiger partial charge in [-0.15, -0.1) is 6.58 Å². The molecule has 1 atom stereocenters. The molecule has 0 aromatic rings. The van der Waals surface area contributed by atoms with E-state index in [1.807, 2.05) is 6.08 Å². The smallest absolute Gasteiger partial charge is 0.0112 e. The SMILES string of the molecule is C=CCCN1CCN(C)CCC1C. The van der Waals surface area contributed by atoms with Crippen molar-refractivity contribution < 1.29 is 0 Å². The maximum atomic E-state index is 3.77. The third kappa shape index (κ3) is 3.49. The summed E-state index contributed by atoms with van der Waals surface area (Å²) in [4.78, 5) is 5.00. The van der Waals surface area contributed by atoms with Crippen molar-refractivity contribution in [3.05, 3.63) is 12.7 Å². The minimum absolute atomic E-state index is 0.741. The number of rotatable bonds is 3. The van der Waals surface area contributed by atoms with Gasteiger partial charge in [0.15, 0.2) is 0 Å². The van der Waals surface area contributed by atoms with Crippen LogP contribution in [0.4, 0.5) is 0 Å². The Hall–Kier alpha value is -0.340. The van der Waals surface area contributed by atoms with Crippen LogP contribution in [0.3, 0.4) is 0 Å². The Morgan fingerprint density at radius 1 is 1.38 bits per heavy atom. The van der Waals surface area contributed by atoms with E-state index in [9.17, 15) is 0 Å². The van der Waals surface area contributed by atoms with Crippen LogP contribution >= 0.6 is 0 Å². The average Bonchev–Trinajstić information content (AvgIpc) is 2.28. The van der Waals surface area contributed by atoms with Crippen molar-refractivity contribution in [2.75, 3.05) is 33.2 Å². The molecule has 0 spiro atoms. The van der Waals surface area contributed by atoms with E-state index >= 15 is 0 Å². The Kier molecular flexibility index (Phi) is 4.46. The number of likely N-dealkylation sites (N-methyl/N-ethyl adjacent to an activating group) is 1. The monoisotopic (exact) mass is 182 g/mol. The average molecular weight is 182 g/mol. The molecule has 76 valence electrons. The highest BCUT2D eigenvalue weighted by atomic mass is 15.2. The maximum absolute atomic E-state index is 3.77. The van der Waals surface area contributed by atoms with Gasteiger partial charge in [0.2, 0.25) is 0 Å². The highest BCUT2D eigenvalue weighted by molar-refractivity contribution is 4.77. The van der Waals surface area contributed by atoms with Crippen molar-refractivity contribution in [1.82, 2.24) is 9.80 Å². The van der Waals surface area contributed by atoms with E-state index in [1.54, 1.807) is 0 Å². The Morgan fingerprint density at radius 2 is 2.15 bits per heavy atom. The third-order valence-corrected chi connectivity index (χ3v) is 2.94. The van der Waals surface area contributed by atoms with Crippen molar-refractivity contribution in [2.45, 2.75) is 25.8 Å². The van der Waals surface area contributed by atoms with E-state index in [-0.39, 0.29) is 0 Å². The first kappa shape index (κ1) is 10.7. The van der Waals surface area contributed by atoms with E-state index in [1.165, 1.54) is 32.6 Å². The van der Waals surface area contributed by atoms with Crippen LogP contribution in [-0.4, -0.2) is 49.1 Å². The first-order chi connectivity index (χ1) is 6.24. The molecule has 13 heavy (non-hydrogen) atoms. The van der Waals surface area contributed by atoms with Crippen molar-refractivity contribution >= 4 is 0 Å². The van der Waals surface area contributed by atoms with Gasteiger partial charge in [0, 0.05) is 25.7 Å². The molecule has 1 heterocycles. The van der Waals surface area contributed by atoms with Gasteiger partial charge in [-0.05, 0) is 33.4 Å². The van der Waals surface area contributed by atoms with E-state index in [0.717, 1.165) is 12.5 Å². The van der Waals surface area contributed by atoms with Gasteiger partial charge < -0.3 is 4.90 Å².